The molecular weight excluding hydrogens is 269 g/mol. The lowest BCUT2D eigenvalue weighted by Crippen LogP contribution is -2.29. The number of carboxylic acids is 1. The van der Waals surface area contributed by atoms with Gasteiger partial charge < -0.3 is 15.7 Å². The summed E-state index contributed by atoms with van der Waals surface area (Å²) in [6.07, 6.45) is 1.29. The van der Waals surface area contributed by atoms with E-state index in [4.69, 9.17) is 5.11 Å². The van der Waals surface area contributed by atoms with Crippen molar-refractivity contribution >= 4 is 17.7 Å². The third-order valence-corrected chi connectivity index (χ3v) is 2.34. The highest BCUT2D eigenvalue weighted by molar-refractivity contribution is 5.99. The Morgan fingerprint density at radius 2 is 2.20 bits per heavy atom. The second-order valence-corrected chi connectivity index (χ2v) is 3.73. The smallest absolute Gasteiger partial charge is 0.337 e. The molecule has 0 unspecified atom stereocenters. The van der Waals surface area contributed by atoms with E-state index < -0.39 is 17.8 Å². The molecule has 1 aromatic heterocycles. The fourth-order valence-corrected chi connectivity index (χ4v) is 1.45. The van der Waals surface area contributed by atoms with Crippen LogP contribution in [0.25, 0.3) is 0 Å². The van der Waals surface area contributed by atoms with E-state index in [1.807, 2.05) is 0 Å². The summed E-state index contributed by atoms with van der Waals surface area (Å²) in [4.78, 5) is 26.3. The van der Waals surface area contributed by atoms with E-state index in [1.54, 1.807) is 0 Å². The third kappa shape index (κ3) is 3.28. The number of carbonyl (C=O) groups excluding carboxylic acids is 1. The Hall–Kier alpha value is -2.97. The number of aromatic amines is 1. The van der Waals surface area contributed by atoms with Crippen LogP contribution in [0, 0.1) is 5.82 Å². The summed E-state index contributed by atoms with van der Waals surface area (Å²) >= 11 is 0. The quantitative estimate of drug-likeness (QED) is 0.664. The number of hydrogen-bond acceptors (Lipinski definition) is 4. The van der Waals surface area contributed by atoms with Crippen molar-refractivity contribution in [2.24, 2.45) is 0 Å². The molecule has 1 aromatic carbocycles. The van der Waals surface area contributed by atoms with Crippen molar-refractivity contribution in [3.05, 3.63) is 41.7 Å². The van der Waals surface area contributed by atoms with Gasteiger partial charge in [0, 0.05) is 0 Å². The molecule has 0 fully saturated rings. The minimum absolute atomic E-state index is 0.00558. The number of halogens is 1. The van der Waals surface area contributed by atoms with E-state index in [2.05, 4.69) is 25.8 Å². The Balaban J connectivity index is 2.02. The largest absolute Gasteiger partial charge is 0.478 e. The lowest BCUT2D eigenvalue weighted by atomic mass is 10.2. The number of rotatable bonds is 4. The molecule has 0 bridgehead atoms. The Labute approximate surface area is 112 Å². The van der Waals surface area contributed by atoms with Gasteiger partial charge >= 0.3 is 12.0 Å². The number of aromatic carboxylic acids is 1. The summed E-state index contributed by atoms with van der Waals surface area (Å²) in [6.45, 7) is 0.0927. The van der Waals surface area contributed by atoms with E-state index in [-0.39, 0.29) is 17.8 Å². The third-order valence-electron chi connectivity index (χ3n) is 2.34. The van der Waals surface area contributed by atoms with Crippen LogP contribution in [0.15, 0.2) is 24.5 Å². The van der Waals surface area contributed by atoms with Crippen LogP contribution in [0.4, 0.5) is 14.9 Å². The second kappa shape index (κ2) is 5.78. The number of amides is 2. The first-order valence-electron chi connectivity index (χ1n) is 5.48. The SMILES string of the molecule is O=C(NCc1ncn[nH]1)Nc1ccc(F)cc1C(=O)O. The molecule has 2 amide bonds. The number of nitrogens with zero attached hydrogens (tertiary/aromatic N) is 2. The van der Waals surface area contributed by atoms with Gasteiger partial charge in [-0.1, -0.05) is 0 Å². The fourth-order valence-electron chi connectivity index (χ4n) is 1.45. The number of carbonyl (C=O) groups is 2. The minimum Gasteiger partial charge on any atom is -0.478 e. The summed E-state index contributed by atoms with van der Waals surface area (Å²) in [6, 6.07) is 2.41. The first-order chi connectivity index (χ1) is 9.56. The minimum atomic E-state index is -1.34. The van der Waals surface area contributed by atoms with E-state index in [0.717, 1.165) is 12.1 Å². The average molecular weight is 279 g/mol. The molecule has 9 heteroatoms. The zero-order valence-electron chi connectivity index (χ0n) is 10.1. The molecule has 0 aliphatic heterocycles. The monoisotopic (exact) mass is 279 g/mol. The molecule has 0 spiro atoms. The predicted octanol–water partition coefficient (Wildman–Crippen LogP) is 0.964. The number of aromatic nitrogens is 3. The molecule has 0 radical (unpaired) electrons. The molecule has 0 saturated carbocycles. The van der Waals surface area contributed by atoms with Crippen LogP contribution in [0.1, 0.15) is 16.2 Å². The molecular formula is C11H10FN5O3. The molecule has 2 rings (SSSR count). The van der Waals surface area contributed by atoms with Crippen LogP contribution in [0.2, 0.25) is 0 Å². The maximum absolute atomic E-state index is 13.0. The highest BCUT2D eigenvalue weighted by Crippen LogP contribution is 2.16. The molecule has 4 N–H and O–H groups in total. The van der Waals surface area contributed by atoms with Gasteiger partial charge in [0.2, 0.25) is 0 Å². The van der Waals surface area contributed by atoms with Gasteiger partial charge in [-0.3, -0.25) is 5.10 Å². The van der Waals surface area contributed by atoms with Crippen molar-refractivity contribution in [1.82, 2.24) is 20.5 Å². The molecule has 2 aromatic rings. The van der Waals surface area contributed by atoms with Crippen molar-refractivity contribution in [1.29, 1.82) is 0 Å². The number of urea groups is 1. The molecule has 20 heavy (non-hydrogen) atoms. The van der Waals surface area contributed by atoms with Crippen LogP contribution < -0.4 is 10.6 Å². The summed E-state index contributed by atoms with van der Waals surface area (Å²) in [5.41, 5.74) is -0.339. The van der Waals surface area contributed by atoms with Crippen LogP contribution >= 0.6 is 0 Å². The molecule has 0 aliphatic carbocycles. The van der Waals surface area contributed by atoms with E-state index in [9.17, 15) is 14.0 Å². The van der Waals surface area contributed by atoms with E-state index in [0.29, 0.717) is 5.82 Å². The summed E-state index contributed by atoms with van der Waals surface area (Å²) < 4.78 is 13.0. The van der Waals surface area contributed by atoms with Crippen molar-refractivity contribution in [3.63, 3.8) is 0 Å². The number of carboxylic acid groups (broad SMARTS) is 1. The Morgan fingerprint density at radius 1 is 1.40 bits per heavy atom. The molecule has 8 nitrogen and oxygen atoms in total. The normalized spacial score (nSPS) is 10.1. The van der Waals surface area contributed by atoms with Gasteiger partial charge in [0.25, 0.3) is 0 Å². The number of benzene rings is 1. The van der Waals surface area contributed by atoms with E-state index in [1.165, 1.54) is 12.4 Å². The molecule has 0 atom stereocenters. The van der Waals surface area contributed by atoms with Crippen molar-refractivity contribution in [2.75, 3.05) is 5.32 Å². The van der Waals surface area contributed by atoms with Crippen molar-refractivity contribution in [2.45, 2.75) is 6.54 Å². The van der Waals surface area contributed by atoms with Gasteiger partial charge in [-0.05, 0) is 18.2 Å². The lowest BCUT2D eigenvalue weighted by Gasteiger charge is -2.09. The van der Waals surface area contributed by atoms with Crippen molar-refractivity contribution in [3.8, 4) is 0 Å². The fraction of sp³-hybridized carbons (Fsp3) is 0.0909. The zero-order chi connectivity index (χ0) is 14.5. The van der Waals surface area contributed by atoms with E-state index >= 15 is 0 Å². The van der Waals surface area contributed by atoms with Gasteiger partial charge in [-0.2, -0.15) is 5.10 Å². The van der Waals surface area contributed by atoms with Gasteiger partial charge in [0.1, 0.15) is 18.0 Å². The van der Waals surface area contributed by atoms with Gasteiger partial charge in [-0.25, -0.2) is 19.0 Å². The lowest BCUT2D eigenvalue weighted by molar-refractivity contribution is 0.0697. The zero-order valence-corrected chi connectivity index (χ0v) is 10.1. The maximum atomic E-state index is 13.0. The first kappa shape index (κ1) is 13.5. The van der Waals surface area contributed by atoms with Crippen LogP contribution in [-0.2, 0) is 6.54 Å². The molecule has 104 valence electrons. The Bertz CT molecular complexity index is 629. The van der Waals surface area contributed by atoms with Gasteiger partial charge in [0.05, 0.1) is 17.8 Å². The predicted molar refractivity (Wildman–Crippen MR) is 65.6 cm³/mol. The van der Waals surface area contributed by atoms with Gasteiger partial charge in [0.15, 0.2) is 0 Å². The Kier molecular flexibility index (Phi) is 3.89. The highest BCUT2D eigenvalue weighted by atomic mass is 19.1. The standard InChI is InChI=1S/C11H10FN5O3/c12-6-1-2-8(7(3-6)10(18)19)16-11(20)13-4-9-14-5-15-17-9/h1-3,5H,4H2,(H,18,19)(H2,13,16,20)(H,14,15,17). The molecule has 0 aliphatic rings. The average Bonchev–Trinajstić information content (AvgIpc) is 2.91. The number of hydrogen-bond donors (Lipinski definition) is 4. The Morgan fingerprint density at radius 3 is 2.85 bits per heavy atom. The highest BCUT2D eigenvalue weighted by Gasteiger charge is 2.13. The number of anilines is 1. The second-order valence-electron chi connectivity index (χ2n) is 3.73. The van der Waals surface area contributed by atoms with Crippen LogP contribution in [0.3, 0.4) is 0 Å². The van der Waals surface area contributed by atoms with Gasteiger partial charge in [-0.15, -0.1) is 0 Å². The first-order valence-corrected chi connectivity index (χ1v) is 5.48. The topological polar surface area (TPSA) is 120 Å². The summed E-state index contributed by atoms with van der Waals surface area (Å²) in [7, 11) is 0. The molecule has 0 saturated heterocycles. The van der Waals surface area contributed by atoms with Crippen LogP contribution in [-0.4, -0.2) is 32.3 Å². The summed E-state index contributed by atoms with van der Waals surface area (Å²) in [5.74, 6) is -1.59. The maximum Gasteiger partial charge on any atom is 0.337 e. The number of nitrogens with one attached hydrogen (secondary N) is 3. The van der Waals surface area contributed by atoms with Crippen LogP contribution in [0.5, 0.6) is 0 Å². The van der Waals surface area contributed by atoms with Crippen molar-refractivity contribution < 1.29 is 19.1 Å². The summed E-state index contributed by atoms with van der Waals surface area (Å²) in [5, 5.41) is 19.8. The molecule has 1 heterocycles. The number of H-pyrrole nitrogens is 1.